The molecule has 1 aromatic heterocycles. The van der Waals surface area contributed by atoms with E-state index in [2.05, 4.69) is 14.7 Å². The van der Waals surface area contributed by atoms with Crippen molar-refractivity contribution in [1.29, 1.82) is 0 Å². The van der Waals surface area contributed by atoms with Crippen LogP contribution in [0.25, 0.3) is 0 Å². The van der Waals surface area contributed by atoms with Crippen LogP contribution in [-0.2, 0) is 10.0 Å². The topological polar surface area (TPSA) is 78.4 Å². The van der Waals surface area contributed by atoms with Crippen LogP contribution in [0.15, 0.2) is 29.3 Å². The fourth-order valence-corrected chi connectivity index (χ4v) is 3.25. The maximum Gasteiger partial charge on any atom is 0.262 e. The average Bonchev–Trinajstić information content (AvgIpc) is 2.49. The van der Waals surface area contributed by atoms with E-state index in [1.165, 1.54) is 18.3 Å². The molecule has 0 radical (unpaired) electrons. The molecular formula is C15H20ClN5O2S. The average molecular weight is 370 g/mol. The van der Waals surface area contributed by atoms with E-state index in [-0.39, 0.29) is 4.90 Å². The summed E-state index contributed by atoms with van der Waals surface area (Å²) >= 11 is 6.03. The Balaban J connectivity index is 2.43. The smallest absolute Gasteiger partial charge is 0.262 e. The molecule has 9 heteroatoms. The van der Waals surface area contributed by atoms with E-state index in [1.54, 1.807) is 30.0 Å². The van der Waals surface area contributed by atoms with Gasteiger partial charge in [0.25, 0.3) is 10.0 Å². The van der Waals surface area contributed by atoms with E-state index in [0.29, 0.717) is 22.5 Å². The summed E-state index contributed by atoms with van der Waals surface area (Å²) in [5, 5.41) is 0.393. The normalized spacial score (nSPS) is 11.2. The van der Waals surface area contributed by atoms with Crippen LogP contribution in [0, 0.1) is 6.92 Å². The predicted octanol–water partition coefficient (Wildman–Crippen LogP) is 2.37. The molecule has 0 aliphatic rings. The SMILES string of the molecule is Cc1ccc(S(=O)(=O)Nc2cnc(N(C)C)nc2N(C)C)cc1Cl. The fourth-order valence-electron chi connectivity index (χ4n) is 1.94. The van der Waals surface area contributed by atoms with Crippen LogP contribution in [0.3, 0.4) is 0 Å². The van der Waals surface area contributed by atoms with Crippen molar-refractivity contribution in [2.75, 3.05) is 42.7 Å². The van der Waals surface area contributed by atoms with Crippen molar-refractivity contribution < 1.29 is 8.42 Å². The Hall–Kier alpha value is -2.06. The van der Waals surface area contributed by atoms with Gasteiger partial charge in [-0.2, -0.15) is 4.98 Å². The summed E-state index contributed by atoms with van der Waals surface area (Å²) in [7, 11) is 3.39. The Morgan fingerprint density at radius 3 is 2.33 bits per heavy atom. The first-order valence-electron chi connectivity index (χ1n) is 7.12. The zero-order chi connectivity index (χ0) is 18.1. The van der Waals surface area contributed by atoms with Crippen LogP contribution >= 0.6 is 11.6 Å². The Labute approximate surface area is 147 Å². The number of benzene rings is 1. The van der Waals surface area contributed by atoms with Crippen molar-refractivity contribution in [3.05, 3.63) is 35.0 Å². The summed E-state index contributed by atoms with van der Waals surface area (Å²) in [5.41, 5.74) is 1.10. The highest BCUT2D eigenvalue weighted by atomic mass is 35.5. The third-order valence-corrected chi connectivity index (χ3v) is 5.05. The van der Waals surface area contributed by atoms with Crippen LogP contribution < -0.4 is 14.5 Å². The van der Waals surface area contributed by atoms with Gasteiger partial charge >= 0.3 is 0 Å². The molecule has 0 saturated heterocycles. The lowest BCUT2D eigenvalue weighted by Gasteiger charge is -2.19. The minimum absolute atomic E-state index is 0.0829. The molecule has 1 heterocycles. The minimum atomic E-state index is -3.80. The number of rotatable bonds is 5. The second-order valence-electron chi connectivity index (χ2n) is 5.71. The number of halogens is 1. The largest absolute Gasteiger partial charge is 0.361 e. The van der Waals surface area contributed by atoms with Gasteiger partial charge in [0.1, 0.15) is 5.69 Å². The van der Waals surface area contributed by atoms with Crippen LogP contribution in [0.1, 0.15) is 5.56 Å². The number of hydrogen-bond donors (Lipinski definition) is 1. The number of sulfonamides is 1. The first-order valence-corrected chi connectivity index (χ1v) is 8.98. The van der Waals surface area contributed by atoms with E-state index in [0.717, 1.165) is 5.56 Å². The Kier molecular flexibility index (Phi) is 5.19. The fraction of sp³-hybridized carbons (Fsp3) is 0.333. The van der Waals surface area contributed by atoms with Crippen molar-refractivity contribution in [2.24, 2.45) is 0 Å². The van der Waals surface area contributed by atoms with Crippen molar-refractivity contribution in [3.63, 3.8) is 0 Å². The van der Waals surface area contributed by atoms with Gasteiger partial charge < -0.3 is 9.80 Å². The first kappa shape index (κ1) is 18.3. The first-order chi connectivity index (χ1) is 11.1. The van der Waals surface area contributed by atoms with Gasteiger partial charge in [-0.15, -0.1) is 0 Å². The maximum absolute atomic E-state index is 12.6. The summed E-state index contributed by atoms with van der Waals surface area (Å²) in [4.78, 5) is 12.1. The molecule has 0 bridgehead atoms. The van der Waals surface area contributed by atoms with Crippen LogP contribution in [0.4, 0.5) is 17.5 Å². The molecule has 2 rings (SSSR count). The quantitative estimate of drug-likeness (QED) is 0.871. The number of aromatic nitrogens is 2. The molecule has 2 aromatic rings. The molecule has 0 unspecified atom stereocenters. The van der Waals surface area contributed by atoms with Gasteiger partial charge in [0.05, 0.1) is 11.1 Å². The second kappa shape index (κ2) is 6.82. The number of hydrogen-bond acceptors (Lipinski definition) is 6. The molecule has 1 N–H and O–H groups in total. The highest BCUT2D eigenvalue weighted by Gasteiger charge is 2.19. The van der Waals surface area contributed by atoms with Gasteiger partial charge in [-0.3, -0.25) is 4.72 Å². The summed E-state index contributed by atoms with van der Waals surface area (Å²) in [5.74, 6) is 0.954. The van der Waals surface area contributed by atoms with Crippen molar-refractivity contribution in [1.82, 2.24) is 9.97 Å². The monoisotopic (exact) mass is 369 g/mol. The number of anilines is 3. The van der Waals surface area contributed by atoms with Crippen molar-refractivity contribution in [2.45, 2.75) is 11.8 Å². The number of aryl methyl sites for hydroxylation is 1. The van der Waals surface area contributed by atoms with E-state index < -0.39 is 10.0 Å². The minimum Gasteiger partial charge on any atom is -0.361 e. The molecule has 0 atom stereocenters. The van der Waals surface area contributed by atoms with E-state index in [9.17, 15) is 8.42 Å². The summed E-state index contributed by atoms with van der Waals surface area (Å²) in [6.45, 7) is 1.81. The molecule has 130 valence electrons. The van der Waals surface area contributed by atoms with E-state index in [1.807, 2.05) is 21.0 Å². The van der Waals surface area contributed by atoms with Crippen molar-refractivity contribution in [3.8, 4) is 0 Å². The van der Waals surface area contributed by atoms with Gasteiger partial charge in [-0.1, -0.05) is 17.7 Å². The Bertz CT molecular complexity index is 853. The van der Waals surface area contributed by atoms with Gasteiger partial charge in [0.15, 0.2) is 5.82 Å². The van der Waals surface area contributed by atoms with E-state index >= 15 is 0 Å². The molecule has 0 aliphatic carbocycles. The third-order valence-electron chi connectivity index (χ3n) is 3.28. The molecule has 0 fully saturated rings. The molecule has 0 amide bonds. The predicted molar refractivity (Wildman–Crippen MR) is 97.7 cm³/mol. The molecule has 0 spiro atoms. The lowest BCUT2D eigenvalue weighted by Crippen LogP contribution is -2.21. The van der Waals surface area contributed by atoms with Gasteiger partial charge in [0.2, 0.25) is 5.95 Å². The zero-order valence-electron chi connectivity index (χ0n) is 14.2. The number of nitrogens with zero attached hydrogens (tertiary/aromatic N) is 4. The van der Waals surface area contributed by atoms with Gasteiger partial charge in [-0.25, -0.2) is 13.4 Å². The molecular weight excluding hydrogens is 350 g/mol. The van der Waals surface area contributed by atoms with Crippen LogP contribution in [0.2, 0.25) is 5.02 Å². The summed E-state index contributed by atoms with van der Waals surface area (Å²) in [6, 6.07) is 4.59. The van der Waals surface area contributed by atoms with E-state index in [4.69, 9.17) is 11.6 Å². The lowest BCUT2D eigenvalue weighted by molar-refractivity contribution is 0.601. The zero-order valence-corrected chi connectivity index (χ0v) is 15.8. The third kappa shape index (κ3) is 3.88. The standard InChI is InChI=1S/C15H20ClN5O2S/c1-10-6-7-11(8-12(10)16)24(22,23)19-13-9-17-15(21(4)5)18-14(13)20(2)3/h6-9,19H,1-5H3. The lowest BCUT2D eigenvalue weighted by atomic mass is 10.2. The summed E-state index contributed by atoms with van der Waals surface area (Å²) < 4.78 is 27.7. The molecule has 1 aromatic carbocycles. The Morgan fingerprint density at radius 1 is 1.12 bits per heavy atom. The van der Waals surface area contributed by atoms with Crippen LogP contribution in [0.5, 0.6) is 0 Å². The maximum atomic E-state index is 12.6. The summed E-state index contributed by atoms with van der Waals surface area (Å²) in [6.07, 6.45) is 1.45. The molecule has 7 nitrogen and oxygen atoms in total. The highest BCUT2D eigenvalue weighted by Crippen LogP contribution is 2.27. The molecule has 24 heavy (non-hydrogen) atoms. The Morgan fingerprint density at radius 2 is 1.79 bits per heavy atom. The van der Waals surface area contributed by atoms with Gasteiger partial charge in [-0.05, 0) is 24.6 Å². The van der Waals surface area contributed by atoms with Crippen LogP contribution in [-0.4, -0.2) is 46.6 Å². The van der Waals surface area contributed by atoms with Gasteiger partial charge in [0, 0.05) is 33.2 Å². The molecule has 0 aliphatic heterocycles. The highest BCUT2D eigenvalue weighted by molar-refractivity contribution is 7.92. The number of nitrogens with one attached hydrogen (secondary N) is 1. The molecule has 0 saturated carbocycles. The van der Waals surface area contributed by atoms with Crippen molar-refractivity contribution >= 4 is 39.1 Å². The second-order valence-corrected chi connectivity index (χ2v) is 7.80.